The van der Waals surface area contributed by atoms with Crippen molar-refractivity contribution in [2.45, 2.75) is 51.9 Å². The average Bonchev–Trinajstić information content (AvgIpc) is 2.30. The molecule has 0 bridgehead atoms. The van der Waals surface area contributed by atoms with Gasteiger partial charge in [0.15, 0.2) is 0 Å². The Morgan fingerprint density at radius 1 is 1.11 bits per heavy atom. The predicted molar refractivity (Wildman–Crippen MR) is 84.2 cm³/mol. The molecule has 0 rings (SSSR count). The van der Waals surface area contributed by atoms with Crippen molar-refractivity contribution in [2.75, 3.05) is 27.7 Å². The van der Waals surface area contributed by atoms with E-state index < -0.39 is 8.15 Å². The average molecular weight is 288 g/mol. The monoisotopic (exact) mass is 288 g/mol. The Kier molecular flexibility index (Phi) is 10.4. The number of hydrogen-bond acceptors (Lipinski definition) is 2. The van der Waals surface area contributed by atoms with Crippen molar-refractivity contribution in [3.05, 3.63) is 11.9 Å². The molecule has 0 aliphatic rings. The third kappa shape index (κ3) is 12.5. The van der Waals surface area contributed by atoms with E-state index in [-0.39, 0.29) is 5.52 Å². The van der Waals surface area contributed by atoms with Crippen molar-refractivity contribution in [3.8, 4) is 0 Å². The summed E-state index contributed by atoms with van der Waals surface area (Å²) >= 11 is 0. The Morgan fingerprint density at radius 3 is 2.26 bits per heavy atom. The smallest absolute Gasteiger partial charge is 0.238 e. The van der Waals surface area contributed by atoms with Crippen molar-refractivity contribution < 1.29 is 14.2 Å². The highest BCUT2D eigenvalue weighted by Crippen LogP contribution is 2.33. The van der Waals surface area contributed by atoms with Gasteiger partial charge in [0, 0.05) is 0 Å². The molecule has 0 amide bonds. The van der Waals surface area contributed by atoms with Crippen molar-refractivity contribution in [1.29, 1.82) is 0 Å². The molecule has 1 N–H and O–H groups in total. The zero-order valence-corrected chi connectivity index (χ0v) is 14.0. The summed E-state index contributed by atoms with van der Waals surface area (Å²) < 4.78 is 0.573. The number of carbonyl (C=O) groups is 1. The van der Waals surface area contributed by atoms with Gasteiger partial charge in [0.25, 0.3) is 0 Å². The van der Waals surface area contributed by atoms with Gasteiger partial charge in [0.1, 0.15) is 14.7 Å². The molecule has 0 saturated heterocycles. The summed E-state index contributed by atoms with van der Waals surface area (Å²) in [6.07, 6.45) is 10.6. The molecule has 3 nitrogen and oxygen atoms in total. The van der Waals surface area contributed by atoms with Crippen LogP contribution in [0.3, 0.4) is 0 Å². The van der Waals surface area contributed by atoms with Crippen LogP contribution in [0.5, 0.6) is 0 Å². The van der Waals surface area contributed by atoms with E-state index in [9.17, 15) is 9.69 Å². The van der Waals surface area contributed by atoms with Gasteiger partial charge in [-0.3, -0.25) is 4.79 Å². The van der Waals surface area contributed by atoms with E-state index in [4.69, 9.17) is 0 Å². The summed E-state index contributed by atoms with van der Waals surface area (Å²) in [5.74, 6) is 1.71. The molecule has 0 spiro atoms. The number of likely N-dealkylation sites (N-methyl/N-ethyl adjacent to an activating group) is 1. The van der Waals surface area contributed by atoms with Crippen LogP contribution in [0.25, 0.3) is 0 Å². The molecule has 0 aromatic carbocycles. The van der Waals surface area contributed by atoms with Crippen LogP contribution in [-0.4, -0.2) is 42.6 Å². The minimum atomic E-state index is -1.57. The van der Waals surface area contributed by atoms with Crippen LogP contribution in [0.1, 0.15) is 51.9 Å². The van der Waals surface area contributed by atoms with Crippen LogP contribution in [-0.2, 0) is 4.79 Å². The lowest BCUT2D eigenvalue weighted by Gasteiger charge is -2.23. The molecule has 0 aliphatic heterocycles. The molecule has 0 aromatic rings. The molecule has 0 aliphatic carbocycles. The molecule has 19 heavy (non-hydrogen) atoms. The molecular formula is C15H31NO2P+. The summed E-state index contributed by atoms with van der Waals surface area (Å²) in [5, 5.41) is 0. The van der Waals surface area contributed by atoms with Crippen molar-refractivity contribution >= 4 is 13.7 Å². The number of rotatable bonds is 11. The van der Waals surface area contributed by atoms with E-state index in [1.54, 1.807) is 5.82 Å². The van der Waals surface area contributed by atoms with Gasteiger partial charge in [-0.2, -0.15) is 0 Å². The number of carbonyl (C=O) groups excluding carboxylic acids is 1. The molecule has 1 unspecified atom stereocenters. The fourth-order valence-electron chi connectivity index (χ4n) is 1.78. The third-order valence-corrected chi connectivity index (χ3v) is 3.98. The van der Waals surface area contributed by atoms with E-state index in [2.05, 4.69) is 6.92 Å². The summed E-state index contributed by atoms with van der Waals surface area (Å²) in [5.41, 5.74) is -0.0401. The highest BCUT2D eigenvalue weighted by atomic mass is 31.1. The Labute approximate surface area is 120 Å². The molecule has 0 aromatic heterocycles. The normalized spacial score (nSPS) is 13.9. The van der Waals surface area contributed by atoms with Gasteiger partial charge in [-0.1, -0.05) is 45.1 Å². The van der Waals surface area contributed by atoms with Crippen LogP contribution in [0.15, 0.2) is 11.9 Å². The van der Waals surface area contributed by atoms with E-state index in [1.165, 1.54) is 32.1 Å². The first-order chi connectivity index (χ1) is 8.87. The maximum absolute atomic E-state index is 11.7. The van der Waals surface area contributed by atoms with Gasteiger partial charge in [-0.05, 0) is 18.7 Å². The summed E-state index contributed by atoms with van der Waals surface area (Å²) in [4.78, 5) is 21.5. The van der Waals surface area contributed by atoms with Gasteiger partial charge < -0.3 is 9.38 Å². The van der Waals surface area contributed by atoms with Gasteiger partial charge in [0.05, 0.1) is 21.1 Å². The topological polar surface area (TPSA) is 37.3 Å². The van der Waals surface area contributed by atoms with Crippen molar-refractivity contribution in [3.63, 3.8) is 0 Å². The largest absolute Gasteiger partial charge is 0.362 e. The standard InChI is InChI=1S/C15H31NO2P/c1-5-6-7-8-9-10-11-12-13-19(18)15(17)14-16(2,3)4/h12-13,18H,5-11,14H2,1-4H3/q+1. The molecule has 0 saturated carbocycles. The zero-order chi connectivity index (χ0) is 14.7. The third-order valence-electron chi connectivity index (χ3n) is 2.84. The van der Waals surface area contributed by atoms with E-state index >= 15 is 0 Å². The number of nitrogens with zero attached hydrogens (tertiary/aromatic N) is 1. The lowest BCUT2D eigenvalue weighted by Crippen LogP contribution is -2.38. The molecule has 1 atom stereocenters. The second-order valence-electron chi connectivity index (χ2n) is 6.13. The van der Waals surface area contributed by atoms with Gasteiger partial charge >= 0.3 is 0 Å². The van der Waals surface area contributed by atoms with E-state index in [1.807, 2.05) is 27.2 Å². The Morgan fingerprint density at radius 2 is 1.68 bits per heavy atom. The fourth-order valence-corrected chi connectivity index (χ4v) is 2.86. The number of allylic oxidation sites excluding steroid dienone is 1. The molecular weight excluding hydrogens is 257 g/mol. The maximum atomic E-state index is 11.7. The SMILES string of the molecule is CCCCCCCCC=CP(O)C(=O)C[N+](C)(C)C. The van der Waals surface area contributed by atoms with Crippen molar-refractivity contribution in [2.24, 2.45) is 0 Å². The van der Waals surface area contributed by atoms with Crippen LogP contribution in [0.4, 0.5) is 0 Å². The van der Waals surface area contributed by atoms with Crippen LogP contribution in [0.2, 0.25) is 0 Å². The zero-order valence-electron chi connectivity index (χ0n) is 13.1. The summed E-state index contributed by atoms with van der Waals surface area (Å²) in [7, 11) is 4.31. The van der Waals surface area contributed by atoms with E-state index in [0.717, 1.165) is 12.8 Å². The summed E-state index contributed by atoms with van der Waals surface area (Å²) in [6, 6.07) is 0. The fraction of sp³-hybridized carbons (Fsp3) is 0.800. The first-order valence-electron chi connectivity index (χ1n) is 7.35. The minimum Gasteiger partial charge on any atom is -0.362 e. The quantitative estimate of drug-likeness (QED) is 0.356. The Bertz CT molecular complexity index is 272. The number of hydrogen-bond donors (Lipinski definition) is 1. The number of unbranched alkanes of at least 4 members (excludes halogenated alkanes) is 6. The molecule has 0 heterocycles. The van der Waals surface area contributed by atoms with Crippen LogP contribution < -0.4 is 0 Å². The Balaban J connectivity index is 3.67. The second kappa shape index (κ2) is 10.5. The van der Waals surface area contributed by atoms with Crippen LogP contribution in [0, 0.1) is 0 Å². The first-order valence-corrected chi connectivity index (χ1v) is 8.71. The lowest BCUT2D eigenvalue weighted by atomic mass is 10.1. The molecule has 112 valence electrons. The lowest BCUT2D eigenvalue weighted by molar-refractivity contribution is -0.861. The predicted octanol–water partition coefficient (Wildman–Crippen LogP) is 3.87. The van der Waals surface area contributed by atoms with Gasteiger partial charge in [0.2, 0.25) is 5.52 Å². The second-order valence-corrected chi connectivity index (χ2v) is 7.61. The molecule has 0 radical (unpaired) electrons. The highest BCUT2D eigenvalue weighted by molar-refractivity contribution is 7.72. The summed E-state index contributed by atoms with van der Waals surface area (Å²) in [6.45, 7) is 2.61. The van der Waals surface area contributed by atoms with Gasteiger partial charge in [-0.15, -0.1) is 0 Å². The van der Waals surface area contributed by atoms with Crippen LogP contribution >= 0.6 is 8.15 Å². The number of quaternary nitrogens is 1. The van der Waals surface area contributed by atoms with Gasteiger partial charge in [-0.25, -0.2) is 0 Å². The minimum absolute atomic E-state index is 0.0401. The van der Waals surface area contributed by atoms with E-state index in [0.29, 0.717) is 11.0 Å². The highest BCUT2D eigenvalue weighted by Gasteiger charge is 2.20. The Hall–Kier alpha value is -0.240. The molecule has 0 fully saturated rings. The van der Waals surface area contributed by atoms with Crippen molar-refractivity contribution in [1.82, 2.24) is 0 Å². The molecule has 4 heteroatoms. The maximum Gasteiger partial charge on any atom is 0.238 e. The first kappa shape index (κ1) is 18.8.